The van der Waals surface area contributed by atoms with E-state index in [2.05, 4.69) is 35.9 Å². The first-order valence-electron chi connectivity index (χ1n) is 6.15. The Morgan fingerprint density at radius 1 is 1.16 bits per heavy atom. The van der Waals surface area contributed by atoms with Crippen LogP contribution < -0.4 is 9.57 Å². The molecule has 0 radical (unpaired) electrons. The zero-order chi connectivity index (χ0) is 14.7. The molecule has 1 aromatic heterocycles. The normalized spacial score (nSPS) is 8.47. The number of rotatable bonds is 2. The van der Waals surface area contributed by atoms with Gasteiger partial charge in [-0.05, 0) is 19.1 Å². The molecule has 1 aromatic carbocycles. The lowest BCUT2D eigenvalue weighted by molar-refractivity contribution is -0.865. The molecule has 0 spiro atoms. The van der Waals surface area contributed by atoms with Crippen LogP contribution in [0.5, 0.6) is 0 Å². The van der Waals surface area contributed by atoms with Crippen molar-refractivity contribution in [3.63, 3.8) is 0 Å². The van der Waals surface area contributed by atoms with Crippen molar-refractivity contribution in [3.05, 3.63) is 42.1 Å². The van der Waals surface area contributed by atoms with Gasteiger partial charge in [0.15, 0.2) is 0 Å². The Morgan fingerprint density at radius 3 is 2.32 bits per heavy atom. The van der Waals surface area contributed by atoms with Gasteiger partial charge in [-0.2, -0.15) is 0 Å². The molecule has 0 aliphatic carbocycles. The summed E-state index contributed by atoms with van der Waals surface area (Å²) in [5.74, 6) is 0. The molecule has 0 aliphatic heterocycles. The lowest BCUT2D eigenvalue weighted by Crippen LogP contribution is -2.40. The molecule has 2 rings (SSSR count). The summed E-state index contributed by atoms with van der Waals surface area (Å²) in [5.41, 5.74) is 2.36. The summed E-state index contributed by atoms with van der Waals surface area (Å²) in [6.45, 7) is 6.46. The molecule has 0 bridgehead atoms. The van der Waals surface area contributed by atoms with Crippen LogP contribution in [0.4, 0.5) is 0 Å². The van der Waals surface area contributed by atoms with Crippen LogP contribution in [-0.2, 0) is 9.53 Å². The first-order valence-corrected chi connectivity index (χ1v) is 6.15. The number of aromatic nitrogens is 1. The predicted octanol–water partition coefficient (Wildman–Crippen LogP) is 2.31. The Kier molecular flexibility index (Phi) is 8.79. The number of nitrogens with zero attached hydrogens (tertiary/aromatic N) is 1. The van der Waals surface area contributed by atoms with Gasteiger partial charge >= 0.3 is 0 Å². The van der Waals surface area contributed by atoms with E-state index in [0.717, 1.165) is 5.52 Å². The van der Waals surface area contributed by atoms with E-state index in [-0.39, 0.29) is 0 Å². The lowest BCUT2D eigenvalue weighted by atomic mass is 10.1. The zero-order valence-corrected chi connectivity index (χ0v) is 12.2. The maximum absolute atomic E-state index is 8.95. The van der Waals surface area contributed by atoms with Crippen molar-refractivity contribution in [2.45, 2.75) is 20.8 Å². The Balaban J connectivity index is 0.000000467. The molecule has 2 aromatic rings. The number of pyridine rings is 1. The molecular weight excluding hydrogens is 242 g/mol. The molecule has 0 atom stereocenters. The molecule has 104 valence electrons. The van der Waals surface area contributed by atoms with Crippen molar-refractivity contribution in [1.29, 1.82) is 0 Å². The average molecular weight is 264 g/mol. The minimum Gasteiger partial charge on any atom is -0.471 e. The first-order chi connectivity index (χ1) is 9.22. The number of carbonyl (C=O) groups is 1. The molecular formula is C15H22NO3+. The average Bonchev–Trinajstić information content (AvgIpc) is 2.48. The third-order valence-corrected chi connectivity index (χ3v) is 2.21. The van der Waals surface area contributed by atoms with Gasteiger partial charge in [0, 0.05) is 16.9 Å². The second kappa shape index (κ2) is 9.88. The smallest absolute Gasteiger partial charge is 0.292 e. The van der Waals surface area contributed by atoms with E-state index in [0.29, 0.717) is 6.47 Å². The second-order valence-electron chi connectivity index (χ2n) is 3.41. The minimum absolute atomic E-state index is 0.375. The summed E-state index contributed by atoms with van der Waals surface area (Å²) in [6.07, 6.45) is 1.90. The van der Waals surface area contributed by atoms with E-state index in [9.17, 15) is 0 Å². The van der Waals surface area contributed by atoms with Gasteiger partial charge in [0.25, 0.3) is 12.0 Å². The summed E-state index contributed by atoms with van der Waals surface area (Å²) >= 11 is 0. The van der Waals surface area contributed by atoms with E-state index in [1.165, 1.54) is 18.1 Å². The molecule has 4 nitrogen and oxygen atoms in total. The lowest BCUT2D eigenvalue weighted by Gasteiger charge is -1.97. The van der Waals surface area contributed by atoms with Crippen LogP contribution in [0, 0.1) is 6.92 Å². The topological polar surface area (TPSA) is 39.4 Å². The van der Waals surface area contributed by atoms with Gasteiger partial charge in [0.05, 0.1) is 12.5 Å². The van der Waals surface area contributed by atoms with Gasteiger partial charge in [-0.15, -0.1) is 0 Å². The van der Waals surface area contributed by atoms with E-state index in [1.807, 2.05) is 26.1 Å². The van der Waals surface area contributed by atoms with Crippen molar-refractivity contribution in [2.75, 3.05) is 14.2 Å². The van der Waals surface area contributed by atoms with Gasteiger partial charge in [-0.3, -0.25) is 9.63 Å². The molecule has 0 fully saturated rings. The molecule has 0 N–H and O–H groups in total. The van der Waals surface area contributed by atoms with Crippen LogP contribution in [0.1, 0.15) is 19.4 Å². The van der Waals surface area contributed by atoms with E-state index in [4.69, 9.17) is 9.63 Å². The third-order valence-electron chi connectivity index (χ3n) is 2.21. The monoisotopic (exact) mass is 264 g/mol. The summed E-state index contributed by atoms with van der Waals surface area (Å²) < 4.78 is 5.62. The van der Waals surface area contributed by atoms with Gasteiger partial charge in [-0.25, -0.2) is 0 Å². The van der Waals surface area contributed by atoms with Crippen LogP contribution in [0.25, 0.3) is 10.9 Å². The van der Waals surface area contributed by atoms with Crippen LogP contribution in [0.15, 0.2) is 36.5 Å². The predicted molar refractivity (Wildman–Crippen MR) is 75.8 cm³/mol. The highest BCUT2D eigenvalue weighted by Gasteiger charge is 2.06. The van der Waals surface area contributed by atoms with Crippen LogP contribution in [-0.4, -0.2) is 20.7 Å². The summed E-state index contributed by atoms with van der Waals surface area (Å²) in [6, 6.07) is 10.3. The number of benzene rings is 1. The molecule has 0 saturated carbocycles. The molecule has 4 heteroatoms. The summed E-state index contributed by atoms with van der Waals surface area (Å²) in [7, 11) is 2.98. The van der Waals surface area contributed by atoms with E-state index >= 15 is 0 Å². The second-order valence-corrected chi connectivity index (χ2v) is 3.41. The van der Waals surface area contributed by atoms with Crippen molar-refractivity contribution >= 4 is 17.4 Å². The standard InChI is InChI=1S/C11H12NO.C2H4O2.C2H6/c1-9-5-6-11-10(8-9)4-3-7-12(11)13-2;1-4-2-3;1-2/h3-8H,1-2H3;2H,1H3;1-2H3/q+1;;. The van der Waals surface area contributed by atoms with Crippen molar-refractivity contribution < 1.29 is 19.1 Å². The zero-order valence-electron chi connectivity index (χ0n) is 12.2. The maximum Gasteiger partial charge on any atom is 0.292 e. The Bertz CT molecular complexity index is 498. The number of hydrogen-bond donors (Lipinski definition) is 0. The Labute approximate surface area is 114 Å². The fraction of sp³-hybridized carbons (Fsp3) is 0.333. The maximum atomic E-state index is 8.95. The van der Waals surface area contributed by atoms with Gasteiger partial charge in [0.1, 0.15) is 7.11 Å². The molecule has 0 saturated heterocycles. The highest BCUT2D eigenvalue weighted by atomic mass is 16.6. The van der Waals surface area contributed by atoms with Crippen LogP contribution in [0.3, 0.4) is 0 Å². The van der Waals surface area contributed by atoms with Crippen LogP contribution >= 0.6 is 0 Å². The first kappa shape index (κ1) is 16.9. The molecule has 19 heavy (non-hydrogen) atoms. The highest BCUT2D eigenvalue weighted by Crippen LogP contribution is 2.10. The number of ether oxygens (including phenoxy) is 1. The number of hydrogen-bond acceptors (Lipinski definition) is 3. The van der Waals surface area contributed by atoms with Crippen molar-refractivity contribution in [2.24, 2.45) is 0 Å². The van der Waals surface area contributed by atoms with E-state index in [1.54, 1.807) is 11.8 Å². The number of carbonyl (C=O) groups excluding carboxylic acids is 1. The minimum atomic E-state index is 0.375. The fourth-order valence-electron chi connectivity index (χ4n) is 1.47. The Hall–Kier alpha value is -2.10. The van der Waals surface area contributed by atoms with Crippen molar-refractivity contribution in [3.8, 4) is 0 Å². The van der Waals surface area contributed by atoms with Crippen molar-refractivity contribution in [1.82, 2.24) is 0 Å². The Morgan fingerprint density at radius 2 is 1.79 bits per heavy atom. The van der Waals surface area contributed by atoms with E-state index < -0.39 is 0 Å². The number of methoxy groups -OCH3 is 1. The number of aryl methyl sites for hydroxylation is 1. The number of fused-ring (bicyclic) bond motifs is 1. The fourth-order valence-corrected chi connectivity index (χ4v) is 1.47. The quantitative estimate of drug-likeness (QED) is 0.617. The van der Waals surface area contributed by atoms with Gasteiger partial charge in [0.2, 0.25) is 6.20 Å². The third kappa shape index (κ3) is 5.38. The largest absolute Gasteiger partial charge is 0.471 e. The molecule has 1 heterocycles. The molecule has 0 amide bonds. The summed E-state index contributed by atoms with van der Waals surface area (Å²) in [5, 5.41) is 1.20. The van der Waals surface area contributed by atoms with Gasteiger partial charge in [-0.1, -0.05) is 25.5 Å². The SMILES string of the molecule is CC.COC=O.CO[n+]1cccc2cc(C)ccc21. The summed E-state index contributed by atoms with van der Waals surface area (Å²) in [4.78, 5) is 14.1. The highest BCUT2D eigenvalue weighted by molar-refractivity contribution is 5.75. The van der Waals surface area contributed by atoms with Gasteiger partial charge < -0.3 is 4.74 Å². The van der Waals surface area contributed by atoms with Crippen LogP contribution in [0.2, 0.25) is 0 Å². The molecule has 0 aliphatic rings. The molecule has 0 unspecified atom stereocenters.